The summed E-state index contributed by atoms with van der Waals surface area (Å²) in [7, 11) is 1.37. The van der Waals surface area contributed by atoms with Gasteiger partial charge in [0.2, 0.25) is 0 Å². The molecule has 244 valence electrons. The average Bonchev–Trinajstić information content (AvgIpc) is 3.68. The number of imide groups is 1. The second-order valence-electron chi connectivity index (χ2n) is 12.1. The van der Waals surface area contributed by atoms with E-state index >= 15 is 0 Å². The summed E-state index contributed by atoms with van der Waals surface area (Å²) in [6, 6.07) is -0.729. The van der Waals surface area contributed by atoms with Crippen molar-refractivity contribution in [2.24, 2.45) is 0 Å². The van der Waals surface area contributed by atoms with Crippen LogP contribution in [-0.4, -0.2) is 118 Å². The van der Waals surface area contributed by atoms with E-state index in [4.69, 9.17) is 32.7 Å². The summed E-state index contributed by atoms with van der Waals surface area (Å²) in [5.74, 6) is -0.788. The second-order valence-corrected chi connectivity index (χ2v) is 12.9. The van der Waals surface area contributed by atoms with E-state index in [2.05, 4.69) is 9.88 Å². The molecular formula is C33H36Cl2N4O7. The molecule has 6 unspecified atom stereocenters. The number of aliphatic hydroxyl groups is 3. The number of benzene rings is 1. The maximum Gasteiger partial charge on any atom is 0.262 e. The zero-order valence-electron chi connectivity index (χ0n) is 25.7. The van der Waals surface area contributed by atoms with E-state index in [1.807, 2.05) is 26.0 Å². The van der Waals surface area contributed by atoms with Crippen LogP contribution in [0.4, 0.5) is 5.69 Å². The maximum atomic E-state index is 14.4. The molecule has 11 nitrogen and oxygen atoms in total. The largest absolute Gasteiger partial charge is 0.394 e. The third-order valence-corrected chi connectivity index (χ3v) is 10.5. The lowest BCUT2D eigenvalue weighted by atomic mass is 9.93. The monoisotopic (exact) mass is 670 g/mol. The van der Waals surface area contributed by atoms with Crippen LogP contribution in [-0.2, 0) is 15.9 Å². The summed E-state index contributed by atoms with van der Waals surface area (Å²) in [6.07, 6.45) is 3.41. The van der Waals surface area contributed by atoms with E-state index < -0.39 is 49.2 Å². The third kappa shape index (κ3) is 4.41. The number of likely N-dealkylation sites (N-methyl/N-ethyl adjacent to an activating group) is 1. The summed E-state index contributed by atoms with van der Waals surface area (Å²) >= 11 is 13.6. The number of nitrogens with zero attached hydrogens (tertiary/aromatic N) is 3. The first-order valence-corrected chi connectivity index (χ1v) is 16.3. The molecule has 6 atom stereocenters. The van der Waals surface area contributed by atoms with E-state index in [-0.39, 0.29) is 18.0 Å². The molecule has 1 aromatic heterocycles. The van der Waals surface area contributed by atoms with Crippen molar-refractivity contribution in [2.75, 3.05) is 44.8 Å². The number of methoxy groups -OCH3 is 1. The Hall–Kier alpha value is -3.00. The number of aromatic amines is 1. The molecule has 46 heavy (non-hydrogen) atoms. The van der Waals surface area contributed by atoms with Crippen molar-refractivity contribution in [3.05, 3.63) is 62.7 Å². The number of amides is 2. The fourth-order valence-electron chi connectivity index (χ4n) is 7.64. The van der Waals surface area contributed by atoms with Gasteiger partial charge in [-0.05, 0) is 42.8 Å². The number of carbonyl (C=O) groups is 2. The Kier molecular flexibility index (Phi) is 8.18. The average molecular weight is 672 g/mol. The summed E-state index contributed by atoms with van der Waals surface area (Å²) < 4.78 is 11.7. The SMILES string of the molecule is CCN(CC)CCN1C(=O)c2c(c3c4c([nH]c3c3c2=C2C=CC=C(Cl)C2N3C2OC(CO)C(OC)C(O)C2O)=C(Cl)C=CC4)C1=O. The molecule has 3 aliphatic heterocycles. The van der Waals surface area contributed by atoms with Crippen LogP contribution >= 0.6 is 23.2 Å². The van der Waals surface area contributed by atoms with Gasteiger partial charge in [-0.1, -0.05) is 55.3 Å². The number of aromatic nitrogens is 1. The highest BCUT2D eigenvalue weighted by molar-refractivity contribution is 6.47. The highest BCUT2D eigenvalue weighted by Gasteiger charge is 2.53. The highest BCUT2D eigenvalue weighted by Crippen LogP contribution is 2.45. The van der Waals surface area contributed by atoms with E-state index in [0.29, 0.717) is 61.3 Å². The lowest BCUT2D eigenvalue weighted by Gasteiger charge is -2.47. The van der Waals surface area contributed by atoms with Crippen molar-refractivity contribution < 1.29 is 34.4 Å². The van der Waals surface area contributed by atoms with Crippen LogP contribution < -0.4 is 15.5 Å². The van der Waals surface area contributed by atoms with E-state index in [1.165, 1.54) is 12.0 Å². The van der Waals surface area contributed by atoms with Gasteiger partial charge in [-0.3, -0.25) is 14.5 Å². The number of aliphatic hydroxyl groups excluding tert-OH is 3. The summed E-state index contributed by atoms with van der Waals surface area (Å²) in [6.45, 7) is 5.90. The number of fused-ring (bicyclic) bond motifs is 9. The fraction of sp³-hybridized carbons (Fsp3) is 0.455. The van der Waals surface area contributed by atoms with Crippen molar-refractivity contribution in [2.45, 2.75) is 57.0 Å². The highest BCUT2D eigenvalue weighted by atomic mass is 35.5. The zero-order valence-corrected chi connectivity index (χ0v) is 27.2. The van der Waals surface area contributed by atoms with Crippen LogP contribution in [0.1, 0.15) is 40.1 Å². The molecular weight excluding hydrogens is 635 g/mol. The van der Waals surface area contributed by atoms with Gasteiger partial charge in [0.1, 0.15) is 24.4 Å². The number of allylic oxidation sites excluding steroid dienone is 4. The Bertz CT molecular complexity index is 1860. The Morgan fingerprint density at radius 1 is 1.11 bits per heavy atom. The first-order valence-electron chi connectivity index (χ1n) is 15.5. The molecule has 1 aromatic carbocycles. The molecule has 0 radical (unpaired) electrons. The van der Waals surface area contributed by atoms with Crippen molar-refractivity contribution in [3.63, 3.8) is 0 Å². The number of anilines is 1. The molecule has 7 rings (SSSR count). The standard InChI is InChI=1S/C33H36Cl2N4O7/c1-4-37(5-2)12-13-38-31(43)22-20-15-8-6-10-17(34)24(15)36-25(20)27-21(23(22)32(38)44)16-9-7-11-18(35)26(16)39(27)33-29(42)28(41)30(45-3)19(14-40)46-33/h6-7,9-11,19,26,28-30,33,36,40-42H,4-5,8,12-14H2,1-3H3. The molecule has 1 saturated heterocycles. The van der Waals surface area contributed by atoms with Crippen LogP contribution in [0.15, 0.2) is 35.4 Å². The second kappa shape index (κ2) is 11.9. The quantitative estimate of drug-likeness (QED) is 0.304. The van der Waals surface area contributed by atoms with Crippen molar-refractivity contribution in [1.29, 1.82) is 0 Å². The van der Waals surface area contributed by atoms with Crippen LogP contribution in [0.2, 0.25) is 0 Å². The Morgan fingerprint density at radius 3 is 2.54 bits per heavy atom. The normalized spacial score (nSPS) is 28.4. The number of hydrogen-bond donors (Lipinski definition) is 4. The topological polar surface area (TPSA) is 139 Å². The van der Waals surface area contributed by atoms with Gasteiger partial charge in [0.15, 0.2) is 6.23 Å². The minimum absolute atomic E-state index is 0.218. The molecule has 13 heteroatoms. The van der Waals surface area contributed by atoms with Gasteiger partial charge in [0.25, 0.3) is 11.8 Å². The molecule has 1 fully saturated rings. The fourth-order valence-corrected chi connectivity index (χ4v) is 8.19. The van der Waals surface area contributed by atoms with E-state index in [9.17, 15) is 24.9 Å². The van der Waals surface area contributed by atoms with Crippen LogP contribution in [0.3, 0.4) is 0 Å². The molecule has 0 spiro atoms. The van der Waals surface area contributed by atoms with Crippen molar-refractivity contribution in [3.8, 4) is 0 Å². The third-order valence-electron chi connectivity index (χ3n) is 9.90. The molecule has 4 heterocycles. The molecule has 2 amide bonds. The predicted octanol–water partition coefficient (Wildman–Crippen LogP) is 1.05. The van der Waals surface area contributed by atoms with Gasteiger partial charge in [-0.2, -0.15) is 0 Å². The smallest absolute Gasteiger partial charge is 0.262 e. The number of nitrogens with one attached hydrogen (secondary N) is 1. The van der Waals surface area contributed by atoms with Gasteiger partial charge >= 0.3 is 0 Å². The number of rotatable bonds is 8. The maximum absolute atomic E-state index is 14.4. The van der Waals surface area contributed by atoms with E-state index in [1.54, 1.807) is 23.1 Å². The lowest BCUT2D eigenvalue weighted by molar-refractivity contribution is -0.235. The summed E-state index contributed by atoms with van der Waals surface area (Å²) in [5, 5.41) is 35.4. The van der Waals surface area contributed by atoms with Gasteiger partial charge in [-0.15, -0.1) is 0 Å². The molecule has 0 bridgehead atoms. The van der Waals surface area contributed by atoms with Crippen molar-refractivity contribution in [1.82, 2.24) is 14.8 Å². The first kappa shape index (κ1) is 31.6. The van der Waals surface area contributed by atoms with Crippen molar-refractivity contribution >= 4 is 62.2 Å². The Morgan fingerprint density at radius 2 is 1.85 bits per heavy atom. The molecule has 5 aliphatic rings. The van der Waals surface area contributed by atoms with E-state index in [0.717, 1.165) is 18.7 Å². The number of H-pyrrole nitrogens is 1. The minimum Gasteiger partial charge on any atom is -0.394 e. The molecule has 0 saturated carbocycles. The predicted molar refractivity (Wildman–Crippen MR) is 174 cm³/mol. The molecule has 2 aliphatic carbocycles. The van der Waals surface area contributed by atoms with Gasteiger partial charge in [0, 0.05) is 35.8 Å². The summed E-state index contributed by atoms with van der Waals surface area (Å²) in [4.78, 5) is 37.4. The molecule has 4 N–H and O–H groups in total. The number of ether oxygens (including phenoxy) is 2. The van der Waals surface area contributed by atoms with Crippen LogP contribution in [0.5, 0.6) is 0 Å². The number of hydrogen-bond acceptors (Lipinski definition) is 9. The summed E-state index contributed by atoms with van der Waals surface area (Å²) in [5.41, 5.74) is 3.02. The Balaban J connectivity index is 1.52. The first-order chi connectivity index (χ1) is 22.2. The minimum atomic E-state index is -1.50. The van der Waals surface area contributed by atoms with Crippen LogP contribution in [0, 0.1) is 0 Å². The van der Waals surface area contributed by atoms with Gasteiger partial charge < -0.3 is 39.6 Å². The number of halogens is 2. The number of carbonyl (C=O) groups excluding carboxylic acids is 2. The van der Waals surface area contributed by atoms with Gasteiger partial charge in [-0.25, -0.2) is 0 Å². The van der Waals surface area contributed by atoms with Gasteiger partial charge in [0.05, 0.1) is 45.4 Å². The molecule has 2 aromatic rings. The zero-order chi connectivity index (χ0) is 32.6. The Labute approximate surface area is 275 Å². The van der Waals surface area contributed by atoms with Crippen LogP contribution in [0.25, 0.3) is 21.5 Å². The lowest BCUT2D eigenvalue weighted by Crippen LogP contribution is -2.65.